The van der Waals surface area contributed by atoms with Crippen LogP contribution in [-0.4, -0.2) is 31.6 Å². The Bertz CT molecular complexity index is 933. The fourth-order valence-electron chi connectivity index (χ4n) is 2.35. The summed E-state index contributed by atoms with van der Waals surface area (Å²) in [7, 11) is 1.80. The quantitative estimate of drug-likeness (QED) is 0.627. The fourth-order valence-corrected chi connectivity index (χ4v) is 3.92. The number of carbonyl (C=O) groups is 1. The van der Waals surface area contributed by atoms with E-state index in [9.17, 15) is 4.79 Å². The highest BCUT2D eigenvalue weighted by Crippen LogP contribution is 2.29. The Kier molecular flexibility index (Phi) is 5.58. The van der Waals surface area contributed by atoms with Gasteiger partial charge in [-0.1, -0.05) is 35.2 Å². The molecule has 3 rings (SSSR count). The summed E-state index contributed by atoms with van der Waals surface area (Å²) in [6.07, 6.45) is 0. The van der Waals surface area contributed by atoms with Crippen LogP contribution in [0.2, 0.25) is 0 Å². The van der Waals surface area contributed by atoms with Gasteiger partial charge in [-0.15, -0.1) is 10.2 Å². The van der Waals surface area contributed by atoms with E-state index < -0.39 is 0 Å². The lowest BCUT2D eigenvalue weighted by Gasteiger charge is -2.08. The number of rotatable bonds is 6. The molecule has 0 saturated heterocycles. The monoisotopic (exact) mass is 388 g/mol. The first-order chi connectivity index (χ1) is 12.4. The zero-order chi connectivity index (χ0) is 18.7. The standard InChI is InChI=1S/C17H20N6OS2/c1-10-6-5-7-13(12(10)3)18-16-20-21-17(26-16)25-9-15(24)19-14-8-11(2)22-23(14)4/h5-8H,9H2,1-4H3,(H,18,20)(H,19,24). The lowest BCUT2D eigenvalue weighted by molar-refractivity contribution is -0.113. The SMILES string of the molecule is Cc1cc(NC(=O)CSc2nnc(Nc3cccc(C)c3C)s2)n(C)n1. The van der Waals surface area contributed by atoms with Crippen LogP contribution in [-0.2, 0) is 11.8 Å². The first kappa shape index (κ1) is 18.4. The number of amides is 1. The predicted octanol–water partition coefficient (Wildman–Crippen LogP) is 3.67. The van der Waals surface area contributed by atoms with Gasteiger partial charge >= 0.3 is 0 Å². The van der Waals surface area contributed by atoms with Crippen molar-refractivity contribution in [3.63, 3.8) is 0 Å². The maximum absolute atomic E-state index is 12.1. The van der Waals surface area contributed by atoms with Crippen LogP contribution in [0.1, 0.15) is 16.8 Å². The lowest BCUT2D eigenvalue weighted by atomic mass is 10.1. The van der Waals surface area contributed by atoms with Crippen LogP contribution in [0.15, 0.2) is 28.6 Å². The van der Waals surface area contributed by atoms with E-state index in [0.717, 1.165) is 15.7 Å². The van der Waals surface area contributed by atoms with Crippen molar-refractivity contribution < 1.29 is 4.79 Å². The molecule has 7 nitrogen and oxygen atoms in total. The molecule has 2 heterocycles. The zero-order valence-corrected chi connectivity index (χ0v) is 16.7. The van der Waals surface area contributed by atoms with Crippen LogP contribution in [0.25, 0.3) is 0 Å². The molecule has 0 aliphatic rings. The third kappa shape index (κ3) is 4.41. The van der Waals surface area contributed by atoms with Gasteiger partial charge in [0.05, 0.1) is 11.4 Å². The first-order valence-electron chi connectivity index (χ1n) is 8.02. The van der Waals surface area contributed by atoms with Gasteiger partial charge in [0.1, 0.15) is 5.82 Å². The molecule has 0 saturated carbocycles. The minimum absolute atomic E-state index is 0.0998. The second kappa shape index (κ2) is 7.88. The number of aryl methyl sites for hydroxylation is 3. The van der Waals surface area contributed by atoms with Gasteiger partial charge in [0.15, 0.2) is 4.34 Å². The molecule has 1 amide bonds. The number of nitrogens with one attached hydrogen (secondary N) is 2. The molecule has 0 aliphatic carbocycles. The topological polar surface area (TPSA) is 84.7 Å². The van der Waals surface area contributed by atoms with Crippen LogP contribution in [0.4, 0.5) is 16.6 Å². The maximum atomic E-state index is 12.1. The average molecular weight is 389 g/mol. The summed E-state index contributed by atoms with van der Waals surface area (Å²) in [5.74, 6) is 0.849. The van der Waals surface area contributed by atoms with Gasteiger partial charge in [0, 0.05) is 18.8 Å². The zero-order valence-electron chi connectivity index (χ0n) is 15.0. The predicted molar refractivity (Wildman–Crippen MR) is 106 cm³/mol. The van der Waals surface area contributed by atoms with Crippen LogP contribution in [0, 0.1) is 20.8 Å². The Morgan fingerprint density at radius 2 is 2.08 bits per heavy atom. The smallest absolute Gasteiger partial charge is 0.235 e. The summed E-state index contributed by atoms with van der Waals surface area (Å²) in [6, 6.07) is 7.93. The van der Waals surface area contributed by atoms with E-state index in [4.69, 9.17) is 0 Å². The molecule has 3 aromatic rings. The second-order valence-corrected chi connectivity index (χ2v) is 8.08. The summed E-state index contributed by atoms with van der Waals surface area (Å²) in [6.45, 7) is 6.03. The van der Waals surface area contributed by atoms with Crippen molar-refractivity contribution in [1.29, 1.82) is 0 Å². The molecule has 1 aromatic carbocycles. The van der Waals surface area contributed by atoms with Gasteiger partial charge in [-0.3, -0.25) is 9.48 Å². The van der Waals surface area contributed by atoms with E-state index in [2.05, 4.69) is 45.8 Å². The third-order valence-electron chi connectivity index (χ3n) is 3.85. The number of nitrogens with zero attached hydrogens (tertiary/aromatic N) is 4. The van der Waals surface area contributed by atoms with Crippen molar-refractivity contribution in [2.45, 2.75) is 25.1 Å². The Hall–Kier alpha value is -2.39. The van der Waals surface area contributed by atoms with E-state index in [0.29, 0.717) is 10.9 Å². The Morgan fingerprint density at radius 3 is 2.81 bits per heavy atom. The number of hydrogen-bond acceptors (Lipinski definition) is 7. The molecular formula is C17H20N6OS2. The number of anilines is 3. The second-order valence-electron chi connectivity index (χ2n) is 5.88. The fraction of sp³-hybridized carbons (Fsp3) is 0.294. The maximum Gasteiger partial charge on any atom is 0.235 e. The van der Waals surface area contributed by atoms with Crippen molar-refractivity contribution >= 4 is 45.6 Å². The Morgan fingerprint density at radius 1 is 1.27 bits per heavy atom. The highest BCUT2D eigenvalue weighted by Gasteiger charge is 2.11. The minimum atomic E-state index is -0.0998. The highest BCUT2D eigenvalue weighted by molar-refractivity contribution is 8.01. The van der Waals surface area contributed by atoms with Gasteiger partial charge in [-0.25, -0.2) is 0 Å². The lowest BCUT2D eigenvalue weighted by Crippen LogP contribution is -2.16. The minimum Gasteiger partial charge on any atom is -0.330 e. The van der Waals surface area contributed by atoms with E-state index >= 15 is 0 Å². The van der Waals surface area contributed by atoms with Crippen molar-refractivity contribution in [3.8, 4) is 0 Å². The molecule has 2 aromatic heterocycles. The van der Waals surface area contributed by atoms with Gasteiger partial charge in [-0.05, 0) is 38.0 Å². The number of hydrogen-bond donors (Lipinski definition) is 2. The number of carbonyl (C=O) groups excluding carboxylic acids is 1. The molecule has 0 fully saturated rings. The molecule has 0 atom stereocenters. The van der Waals surface area contributed by atoms with Crippen molar-refractivity contribution in [1.82, 2.24) is 20.0 Å². The summed E-state index contributed by atoms with van der Waals surface area (Å²) < 4.78 is 2.39. The molecule has 9 heteroatoms. The molecule has 0 aliphatic heterocycles. The van der Waals surface area contributed by atoms with Gasteiger partial charge in [-0.2, -0.15) is 5.10 Å². The summed E-state index contributed by atoms with van der Waals surface area (Å²) >= 11 is 2.79. The largest absolute Gasteiger partial charge is 0.330 e. The molecule has 0 bridgehead atoms. The number of thioether (sulfide) groups is 1. The van der Waals surface area contributed by atoms with Gasteiger partial charge < -0.3 is 10.6 Å². The average Bonchev–Trinajstić information content (AvgIpc) is 3.16. The van der Waals surface area contributed by atoms with Gasteiger partial charge in [0.2, 0.25) is 11.0 Å². The first-order valence-corrected chi connectivity index (χ1v) is 9.82. The highest BCUT2D eigenvalue weighted by atomic mass is 32.2. The van der Waals surface area contributed by atoms with E-state index in [1.807, 2.05) is 25.1 Å². The number of aromatic nitrogens is 4. The van der Waals surface area contributed by atoms with Crippen LogP contribution in [0.5, 0.6) is 0 Å². The third-order valence-corrected chi connectivity index (χ3v) is 5.82. The molecule has 2 N–H and O–H groups in total. The molecule has 0 unspecified atom stereocenters. The van der Waals surface area contributed by atoms with E-state index in [-0.39, 0.29) is 11.7 Å². The Labute approximate surface area is 160 Å². The summed E-state index contributed by atoms with van der Waals surface area (Å²) in [4.78, 5) is 12.1. The van der Waals surface area contributed by atoms with Crippen LogP contribution >= 0.6 is 23.1 Å². The molecule has 0 spiro atoms. The van der Waals surface area contributed by atoms with Gasteiger partial charge in [0.25, 0.3) is 0 Å². The molecular weight excluding hydrogens is 368 g/mol. The number of benzene rings is 1. The molecule has 136 valence electrons. The summed E-state index contributed by atoms with van der Waals surface area (Å²) in [5.41, 5.74) is 4.28. The van der Waals surface area contributed by atoms with Crippen molar-refractivity contribution in [3.05, 3.63) is 41.1 Å². The Balaban J connectivity index is 1.56. The molecule has 26 heavy (non-hydrogen) atoms. The van der Waals surface area contributed by atoms with Crippen molar-refractivity contribution in [2.75, 3.05) is 16.4 Å². The van der Waals surface area contributed by atoms with Crippen molar-refractivity contribution in [2.24, 2.45) is 7.05 Å². The molecule has 0 radical (unpaired) electrons. The van der Waals surface area contributed by atoms with E-state index in [1.54, 1.807) is 11.7 Å². The normalized spacial score (nSPS) is 10.8. The summed E-state index contributed by atoms with van der Waals surface area (Å²) in [5, 5.41) is 19.3. The van der Waals surface area contributed by atoms with Crippen LogP contribution < -0.4 is 10.6 Å². The van der Waals surface area contributed by atoms with E-state index in [1.165, 1.54) is 34.2 Å². The van der Waals surface area contributed by atoms with Crippen LogP contribution in [0.3, 0.4) is 0 Å².